The normalized spacial score (nSPS) is 13.4. The largest absolute Gasteiger partial charge is 0.490 e. The number of aliphatic carboxylic acids is 2. The molecule has 2 aromatic heterocycles. The number of imidazole rings is 1. The molecule has 228 valence electrons. The Morgan fingerprint density at radius 2 is 1.56 bits per heavy atom. The van der Waals surface area contributed by atoms with Crippen molar-refractivity contribution in [2.24, 2.45) is 0 Å². The Labute approximate surface area is 246 Å². The lowest BCUT2D eigenvalue weighted by molar-refractivity contribution is -0.192. The van der Waals surface area contributed by atoms with E-state index >= 15 is 0 Å². The standard InChI is InChI=1S/C25H25ClN6O4.C2HF3O2/c26-18-8-4-5-9-19(18)32-21-22(28-24(32)29-14-11-27-12-15-29)31(16-20(33)34)25(36)30(23(21)35)13-10-17-6-2-1-3-7-17;3-2(4,5)1(6)7/h1-9,27H,10-16H2,(H,33,34);(H,6,7). The topological polar surface area (TPSA) is 152 Å². The van der Waals surface area contributed by atoms with Crippen molar-refractivity contribution in [2.75, 3.05) is 31.1 Å². The van der Waals surface area contributed by atoms with E-state index in [0.29, 0.717) is 36.2 Å². The van der Waals surface area contributed by atoms with Crippen LogP contribution in [0.15, 0.2) is 64.2 Å². The van der Waals surface area contributed by atoms with Gasteiger partial charge in [-0.25, -0.2) is 9.59 Å². The summed E-state index contributed by atoms with van der Waals surface area (Å²) in [6.07, 6.45) is -4.65. The van der Waals surface area contributed by atoms with Crippen molar-refractivity contribution in [1.82, 2.24) is 24.0 Å². The van der Waals surface area contributed by atoms with Gasteiger partial charge in [-0.05, 0) is 24.1 Å². The van der Waals surface area contributed by atoms with E-state index in [4.69, 9.17) is 21.5 Å². The van der Waals surface area contributed by atoms with E-state index in [1.54, 1.807) is 28.8 Å². The molecular formula is C27H26ClF3N6O6. The van der Waals surface area contributed by atoms with E-state index in [1.165, 1.54) is 0 Å². The molecule has 3 heterocycles. The molecule has 0 bridgehead atoms. The van der Waals surface area contributed by atoms with Crippen molar-refractivity contribution in [1.29, 1.82) is 0 Å². The van der Waals surface area contributed by atoms with Crippen molar-refractivity contribution < 1.29 is 33.0 Å². The Hall–Kier alpha value is -4.63. The molecule has 1 aliphatic rings. The first-order valence-electron chi connectivity index (χ1n) is 12.9. The van der Waals surface area contributed by atoms with Gasteiger partial charge in [-0.2, -0.15) is 18.2 Å². The number of piperazine rings is 1. The Morgan fingerprint density at radius 3 is 2.14 bits per heavy atom. The zero-order chi connectivity index (χ0) is 31.3. The number of hydrogen-bond donors (Lipinski definition) is 3. The van der Waals surface area contributed by atoms with Crippen LogP contribution in [0.5, 0.6) is 0 Å². The summed E-state index contributed by atoms with van der Waals surface area (Å²) in [5, 5.41) is 20.4. The molecule has 0 saturated carbocycles. The highest BCUT2D eigenvalue weighted by Gasteiger charge is 2.38. The van der Waals surface area contributed by atoms with E-state index in [2.05, 4.69) is 10.3 Å². The minimum Gasteiger partial charge on any atom is -0.480 e. The Kier molecular flexibility index (Phi) is 9.56. The number of aryl methyl sites for hydroxylation is 1. The molecular weight excluding hydrogens is 597 g/mol. The van der Waals surface area contributed by atoms with Gasteiger partial charge >= 0.3 is 23.8 Å². The van der Waals surface area contributed by atoms with Crippen LogP contribution in [0.25, 0.3) is 16.9 Å². The van der Waals surface area contributed by atoms with Crippen molar-refractivity contribution in [3.8, 4) is 5.69 Å². The van der Waals surface area contributed by atoms with Crippen LogP contribution in [0.3, 0.4) is 0 Å². The maximum atomic E-state index is 13.9. The van der Waals surface area contributed by atoms with Crippen LogP contribution in [0.4, 0.5) is 19.1 Å². The van der Waals surface area contributed by atoms with Gasteiger partial charge in [0.2, 0.25) is 5.95 Å². The maximum Gasteiger partial charge on any atom is 0.490 e. The third-order valence-corrected chi connectivity index (χ3v) is 6.82. The van der Waals surface area contributed by atoms with E-state index < -0.39 is 35.9 Å². The Morgan fingerprint density at radius 1 is 0.953 bits per heavy atom. The third kappa shape index (κ3) is 7.06. The predicted molar refractivity (Wildman–Crippen MR) is 151 cm³/mol. The number of carboxylic acids is 2. The number of fused-ring (bicyclic) bond motifs is 1. The Bertz CT molecular complexity index is 1750. The van der Waals surface area contributed by atoms with Gasteiger partial charge in [-0.15, -0.1) is 0 Å². The number of rotatable bonds is 7. The molecule has 1 aliphatic heterocycles. The minimum atomic E-state index is -5.08. The van der Waals surface area contributed by atoms with Crippen LogP contribution in [0.2, 0.25) is 5.02 Å². The van der Waals surface area contributed by atoms with E-state index in [9.17, 15) is 32.7 Å². The monoisotopic (exact) mass is 622 g/mol. The fourth-order valence-electron chi connectivity index (χ4n) is 4.53. The van der Waals surface area contributed by atoms with Crippen LogP contribution in [-0.4, -0.2) is 73.2 Å². The molecule has 0 amide bonds. The summed E-state index contributed by atoms with van der Waals surface area (Å²) in [5.41, 5.74) is 0.377. The smallest absolute Gasteiger partial charge is 0.480 e. The summed E-state index contributed by atoms with van der Waals surface area (Å²) in [6, 6.07) is 16.6. The molecule has 4 aromatic rings. The number of halogens is 4. The fourth-order valence-corrected chi connectivity index (χ4v) is 4.75. The van der Waals surface area contributed by atoms with Crippen molar-refractivity contribution in [3.05, 3.63) is 86.0 Å². The molecule has 0 unspecified atom stereocenters. The van der Waals surface area contributed by atoms with Gasteiger partial charge in [-0.1, -0.05) is 54.1 Å². The lowest BCUT2D eigenvalue weighted by Gasteiger charge is -2.28. The van der Waals surface area contributed by atoms with Crippen LogP contribution in [-0.2, 0) is 29.1 Å². The molecule has 12 nitrogen and oxygen atoms in total. The van der Waals surface area contributed by atoms with Gasteiger partial charge in [0.25, 0.3) is 5.56 Å². The van der Waals surface area contributed by atoms with Crippen LogP contribution in [0.1, 0.15) is 5.56 Å². The number of para-hydroxylation sites is 1. The highest BCUT2D eigenvalue weighted by atomic mass is 35.5. The zero-order valence-corrected chi connectivity index (χ0v) is 23.2. The van der Waals surface area contributed by atoms with Crippen molar-refractivity contribution in [3.63, 3.8) is 0 Å². The second-order valence-electron chi connectivity index (χ2n) is 9.37. The maximum absolute atomic E-state index is 13.9. The number of hydrogen-bond acceptors (Lipinski definition) is 7. The number of nitrogens with one attached hydrogen (secondary N) is 1. The van der Waals surface area contributed by atoms with Gasteiger partial charge in [0.15, 0.2) is 11.2 Å². The molecule has 0 radical (unpaired) electrons. The average molecular weight is 623 g/mol. The number of carbonyl (C=O) groups is 2. The van der Waals surface area contributed by atoms with Crippen molar-refractivity contribution >= 4 is 40.7 Å². The van der Waals surface area contributed by atoms with Gasteiger partial charge in [0.05, 0.1) is 10.7 Å². The summed E-state index contributed by atoms with van der Waals surface area (Å²) in [4.78, 5) is 54.6. The number of benzene rings is 2. The summed E-state index contributed by atoms with van der Waals surface area (Å²) in [6.45, 7) is 2.15. The summed E-state index contributed by atoms with van der Waals surface area (Å²) >= 11 is 6.56. The number of nitrogens with zero attached hydrogens (tertiary/aromatic N) is 5. The first-order valence-corrected chi connectivity index (χ1v) is 13.3. The first kappa shape index (κ1) is 31.3. The number of aromatic nitrogens is 4. The van der Waals surface area contributed by atoms with Crippen LogP contribution in [0, 0.1) is 0 Å². The summed E-state index contributed by atoms with van der Waals surface area (Å²) < 4.78 is 35.5. The van der Waals surface area contributed by atoms with Gasteiger partial charge in [0, 0.05) is 32.7 Å². The van der Waals surface area contributed by atoms with Gasteiger partial charge < -0.3 is 20.4 Å². The van der Waals surface area contributed by atoms with E-state index in [0.717, 1.165) is 27.8 Å². The predicted octanol–water partition coefficient (Wildman–Crippen LogP) is 2.37. The quantitative estimate of drug-likeness (QED) is 0.282. The molecule has 0 aliphatic carbocycles. The second-order valence-corrected chi connectivity index (χ2v) is 9.77. The lowest BCUT2D eigenvalue weighted by Crippen LogP contribution is -2.44. The van der Waals surface area contributed by atoms with Crippen LogP contribution >= 0.6 is 11.6 Å². The summed E-state index contributed by atoms with van der Waals surface area (Å²) in [5.74, 6) is -3.52. The van der Waals surface area contributed by atoms with Gasteiger partial charge in [-0.3, -0.25) is 23.3 Å². The molecule has 1 fully saturated rings. The minimum absolute atomic E-state index is 0.0248. The van der Waals surface area contributed by atoms with E-state index in [-0.39, 0.29) is 17.7 Å². The van der Waals surface area contributed by atoms with E-state index in [1.807, 2.05) is 35.2 Å². The molecule has 5 rings (SSSR count). The molecule has 1 saturated heterocycles. The molecule has 16 heteroatoms. The van der Waals surface area contributed by atoms with Crippen molar-refractivity contribution in [2.45, 2.75) is 25.7 Å². The molecule has 0 atom stereocenters. The molecule has 43 heavy (non-hydrogen) atoms. The number of anilines is 1. The SMILES string of the molecule is O=C(O)C(F)(F)F.O=C(O)Cn1c(=O)n(CCc2ccccc2)c(=O)c2c1nc(N1CCNCC1)n2-c1ccccc1Cl. The van der Waals surface area contributed by atoms with Crippen LogP contribution < -0.4 is 21.5 Å². The highest BCUT2D eigenvalue weighted by Crippen LogP contribution is 2.29. The average Bonchev–Trinajstić information content (AvgIpc) is 3.37. The number of carboxylic acid groups (broad SMARTS) is 2. The first-order chi connectivity index (χ1) is 20.4. The van der Waals surface area contributed by atoms with Gasteiger partial charge in [0.1, 0.15) is 6.54 Å². The fraction of sp³-hybridized carbons (Fsp3) is 0.296. The molecule has 2 aromatic carbocycles. The highest BCUT2D eigenvalue weighted by molar-refractivity contribution is 6.32. The second kappa shape index (κ2) is 13.1. The molecule has 0 spiro atoms. The lowest BCUT2D eigenvalue weighted by atomic mass is 10.1. The Balaban J connectivity index is 0.000000541. The molecule has 3 N–H and O–H groups in total. The third-order valence-electron chi connectivity index (χ3n) is 6.50. The zero-order valence-electron chi connectivity index (χ0n) is 22.4. The summed E-state index contributed by atoms with van der Waals surface area (Å²) in [7, 11) is 0. The number of alkyl halides is 3.